The van der Waals surface area contributed by atoms with Crippen molar-refractivity contribution in [2.24, 2.45) is 5.92 Å². The average molecular weight is 193 g/mol. The molecule has 14 heavy (non-hydrogen) atoms. The van der Waals surface area contributed by atoms with Crippen LogP contribution in [-0.4, -0.2) is 34.8 Å². The van der Waals surface area contributed by atoms with Gasteiger partial charge in [0.05, 0.1) is 0 Å². The number of aromatic nitrogens is 2. The predicted octanol–water partition coefficient (Wildman–Crippen LogP) is 0.685. The van der Waals surface area contributed by atoms with Crippen LogP contribution in [0.25, 0.3) is 0 Å². The number of rotatable bonds is 2. The van der Waals surface area contributed by atoms with Crippen molar-refractivity contribution in [2.75, 3.05) is 24.6 Å². The number of aliphatic hydroxyl groups is 1. The van der Waals surface area contributed by atoms with Crippen molar-refractivity contribution in [1.82, 2.24) is 9.97 Å². The molecular formula is C10H15N3O. The van der Waals surface area contributed by atoms with Crippen LogP contribution in [0.3, 0.4) is 0 Å². The van der Waals surface area contributed by atoms with E-state index < -0.39 is 0 Å². The van der Waals surface area contributed by atoms with Crippen molar-refractivity contribution in [3.8, 4) is 0 Å². The summed E-state index contributed by atoms with van der Waals surface area (Å²) in [6.07, 6.45) is 5.74. The summed E-state index contributed by atoms with van der Waals surface area (Å²) >= 11 is 0. The Morgan fingerprint density at radius 3 is 2.93 bits per heavy atom. The van der Waals surface area contributed by atoms with E-state index in [2.05, 4.69) is 14.9 Å². The summed E-state index contributed by atoms with van der Waals surface area (Å²) in [6, 6.07) is 1.82. The minimum absolute atomic E-state index is 0.267. The minimum atomic E-state index is 0.267. The van der Waals surface area contributed by atoms with Gasteiger partial charge >= 0.3 is 0 Å². The van der Waals surface area contributed by atoms with Crippen molar-refractivity contribution < 1.29 is 5.11 Å². The molecule has 1 fully saturated rings. The summed E-state index contributed by atoms with van der Waals surface area (Å²) in [4.78, 5) is 10.6. The topological polar surface area (TPSA) is 49.2 Å². The van der Waals surface area contributed by atoms with Crippen LogP contribution < -0.4 is 4.90 Å². The first-order valence-electron chi connectivity index (χ1n) is 5.03. The van der Waals surface area contributed by atoms with E-state index in [0.29, 0.717) is 5.92 Å². The molecule has 76 valence electrons. The standard InChI is InChI=1S/C10H15N3O/c14-8-9-3-1-6-13(7-9)10-11-4-2-5-12-10/h2,4-5,9,14H,1,3,6-8H2. The zero-order chi connectivity index (χ0) is 9.80. The van der Waals surface area contributed by atoms with Crippen molar-refractivity contribution in [1.29, 1.82) is 0 Å². The Morgan fingerprint density at radius 1 is 1.43 bits per heavy atom. The molecule has 1 saturated heterocycles. The maximum Gasteiger partial charge on any atom is 0.225 e. The normalized spacial score (nSPS) is 22.4. The van der Waals surface area contributed by atoms with Crippen LogP contribution in [0.15, 0.2) is 18.5 Å². The van der Waals surface area contributed by atoms with Gasteiger partial charge in [-0.2, -0.15) is 0 Å². The van der Waals surface area contributed by atoms with E-state index in [-0.39, 0.29) is 6.61 Å². The van der Waals surface area contributed by atoms with Crippen LogP contribution in [0.2, 0.25) is 0 Å². The van der Waals surface area contributed by atoms with E-state index in [0.717, 1.165) is 31.9 Å². The number of piperidine rings is 1. The molecular weight excluding hydrogens is 178 g/mol. The first kappa shape index (κ1) is 9.40. The molecule has 4 heteroatoms. The van der Waals surface area contributed by atoms with Crippen LogP contribution in [0.4, 0.5) is 5.95 Å². The molecule has 1 atom stereocenters. The number of aliphatic hydroxyl groups excluding tert-OH is 1. The number of hydrogen-bond donors (Lipinski definition) is 1. The molecule has 1 aliphatic heterocycles. The molecule has 0 amide bonds. The van der Waals surface area contributed by atoms with E-state index >= 15 is 0 Å². The summed E-state index contributed by atoms with van der Waals surface area (Å²) < 4.78 is 0. The van der Waals surface area contributed by atoms with E-state index in [1.54, 1.807) is 12.4 Å². The lowest BCUT2D eigenvalue weighted by Gasteiger charge is -2.31. The van der Waals surface area contributed by atoms with Gasteiger partial charge in [-0.3, -0.25) is 0 Å². The lowest BCUT2D eigenvalue weighted by molar-refractivity contribution is 0.208. The summed E-state index contributed by atoms with van der Waals surface area (Å²) in [5.74, 6) is 1.17. The van der Waals surface area contributed by atoms with Crippen LogP contribution >= 0.6 is 0 Å². The predicted molar refractivity (Wildman–Crippen MR) is 54.1 cm³/mol. The van der Waals surface area contributed by atoms with E-state index in [9.17, 15) is 0 Å². The van der Waals surface area contributed by atoms with Gasteiger partial charge in [0.2, 0.25) is 5.95 Å². The van der Waals surface area contributed by atoms with Gasteiger partial charge in [0.25, 0.3) is 0 Å². The highest BCUT2D eigenvalue weighted by Gasteiger charge is 2.20. The Labute approximate surface area is 83.6 Å². The van der Waals surface area contributed by atoms with E-state index in [4.69, 9.17) is 5.11 Å². The van der Waals surface area contributed by atoms with Crippen molar-refractivity contribution in [3.05, 3.63) is 18.5 Å². The monoisotopic (exact) mass is 193 g/mol. The van der Waals surface area contributed by atoms with Gasteiger partial charge in [0.1, 0.15) is 0 Å². The average Bonchev–Trinajstić information content (AvgIpc) is 2.30. The van der Waals surface area contributed by atoms with Gasteiger partial charge in [-0.15, -0.1) is 0 Å². The molecule has 0 spiro atoms. The molecule has 1 N–H and O–H groups in total. The number of hydrogen-bond acceptors (Lipinski definition) is 4. The van der Waals surface area contributed by atoms with Crippen molar-refractivity contribution in [3.63, 3.8) is 0 Å². The Morgan fingerprint density at radius 2 is 2.21 bits per heavy atom. The SMILES string of the molecule is OCC1CCCN(c2ncccn2)C1. The lowest BCUT2D eigenvalue weighted by atomic mass is 9.99. The van der Waals surface area contributed by atoms with E-state index in [1.165, 1.54) is 0 Å². The summed E-state index contributed by atoms with van der Waals surface area (Å²) in [7, 11) is 0. The first-order valence-corrected chi connectivity index (χ1v) is 5.03. The van der Waals surface area contributed by atoms with E-state index in [1.807, 2.05) is 6.07 Å². The largest absolute Gasteiger partial charge is 0.396 e. The molecule has 0 aromatic carbocycles. The van der Waals surface area contributed by atoms with Gasteiger partial charge in [-0.05, 0) is 24.8 Å². The lowest BCUT2D eigenvalue weighted by Crippen LogP contribution is -2.37. The molecule has 1 unspecified atom stereocenters. The van der Waals surface area contributed by atoms with Gasteiger partial charge in [-0.1, -0.05) is 0 Å². The summed E-state index contributed by atoms with van der Waals surface area (Å²) in [6.45, 7) is 2.14. The Balaban J connectivity index is 2.04. The Kier molecular flexibility index (Phi) is 2.93. The summed E-state index contributed by atoms with van der Waals surface area (Å²) in [5, 5.41) is 9.09. The molecule has 0 aliphatic carbocycles. The van der Waals surface area contributed by atoms with Crippen molar-refractivity contribution >= 4 is 5.95 Å². The van der Waals surface area contributed by atoms with Gasteiger partial charge < -0.3 is 10.0 Å². The molecule has 0 saturated carbocycles. The molecule has 0 radical (unpaired) electrons. The van der Waals surface area contributed by atoms with Crippen LogP contribution in [0.1, 0.15) is 12.8 Å². The zero-order valence-corrected chi connectivity index (χ0v) is 8.13. The fraction of sp³-hybridized carbons (Fsp3) is 0.600. The molecule has 2 heterocycles. The second-order valence-corrected chi connectivity index (χ2v) is 3.69. The van der Waals surface area contributed by atoms with Gasteiger partial charge in [0, 0.05) is 32.1 Å². The van der Waals surface area contributed by atoms with Gasteiger partial charge in [0.15, 0.2) is 0 Å². The maximum absolute atomic E-state index is 9.09. The van der Waals surface area contributed by atoms with Crippen LogP contribution in [0, 0.1) is 5.92 Å². The summed E-state index contributed by atoms with van der Waals surface area (Å²) in [5.41, 5.74) is 0. The highest BCUT2D eigenvalue weighted by atomic mass is 16.3. The third kappa shape index (κ3) is 2.01. The highest BCUT2D eigenvalue weighted by molar-refractivity contribution is 5.28. The fourth-order valence-corrected chi connectivity index (χ4v) is 1.85. The Bertz CT molecular complexity index is 278. The Hall–Kier alpha value is -1.16. The first-order chi connectivity index (χ1) is 6.90. The third-order valence-electron chi connectivity index (χ3n) is 2.61. The highest BCUT2D eigenvalue weighted by Crippen LogP contribution is 2.18. The van der Waals surface area contributed by atoms with Crippen molar-refractivity contribution in [2.45, 2.75) is 12.8 Å². The van der Waals surface area contributed by atoms with Crippen LogP contribution in [-0.2, 0) is 0 Å². The zero-order valence-electron chi connectivity index (χ0n) is 8.13. The quantitative estimate of drug-likeness (QED) is 0.750. The number of anilines is 1. The molecule has 0 bridgehead atoms. The molecule has 1 aliphatic rings. The molecule has 1 aromatic rings. The maximum atomic E-state index is 9.09. The molecule has 2 rings (SSSR count). The number of nitrogens with zero attached hydrogens (tertiary/aromatic N) is 3. The fourth-order valence-electron chi connectivity index (χ4n) is 1.85. The second kappa shape index (κ2) is 4.37. The van der Waals surface area contributed by atoms with Crippen LogP contribution in [0.5, 0.6) is 0 Å². The molecule has 1 aromatic heterocycles. The third-order valence-corrected chi connectivity index (χ3v) is 2.61. The van der Waals surface area contributed by atoms with Gasteiger partial charge in [-0.25, -0.2) is 9.97 Å². The smallest absolute Gasteiger partial charge is 0.225 e. The minimum Gasteiger partial charge on any atom is -0.396 e. The second-order valence-electron chi connectivity index (χ2n) is 3.69. The molecule has 4 nitrogen and oxygen atoms in total.